The number of hydrogen-bond donors (Lipinski definition) is 1. The monoisotopic (exact) mass is 391 g/mol. The normalized spacial score (nSPS) is 19.6. The van der Waals surface area contributed by atoms with E-state index in [1.165, 1.54) is 0 Å². The number of ether oxygens (including phenoxy) is 1. The molecule has 8 heteroatoms. The summed E-state index contributed by atoms with van der Waals surface area (Å²) in [5, 5.41) is 7.59. The Bertz CT molecular complexity index is 705. The lowest BCUT2D eigenvalue weighted by molar-refractivity contribution is 0.0137. The average molecular weight is 392 g/mol. The van der Waals surface area contributed by atoms with Gasteiger partial charge in [0.05, 0.1) is 24.8 Å². The maximum absolute atomic E-state index is 12.3. The van der Waals surface area contributed by atoms with Gasteiger partial charge in [0.15, 0.2) is 11.7 Å². The van der Waals surface area contributed by atoms with Crippen LogP contribution in [0.5, 0.6) is 0 Å². The molecular formula is C20H33N5O3. The lowest BCUT2D eigenvalue weighted by Gasteiger charge is -2.39. The van der Waals surface area contributed by atoms with E-state index in [0.717, 1.165) is 36.8 Å². The molecule has 156 valence electrons. The van der Waals surface area contributed by atoms with Gasteiger partial charge < -0.3 is 24.4 Å². The van der Waals surface area contributed by atoms with Crippen LogP contribution in [0.3, 0.4) is 0 Å². The van der Waals surface area contributed by atoms with Gasteiger partial charge in [-0.3, -0.25) is 4.99 Å². The summed E-state index contributed by atoms with van der Waals surface area (Å²) in [7, 11) is 0. The van der Waals surface area contributed by atoms with E-state index in [1.54, 1.807) is 4.90 Å². The zero-order valence-corrected chi connectivity index (χ0v) is 17.7. The zero-order chi connectivity index (χ0) is 20.3. The molecule has 0 aliphatic carbocycles. The van der Waals surface area contributed by atoms with Crippen molar-refractivity contribution < 1.29 is 14.1 Å². The van der Waals surface area contributed by atoms with Crippen LogP contribution in [0, 0.1) is 0 Å². The van der Waals surface area contributed by atoms with Crippen LogP contribution in [0.4, 0.5) is 4.79 Å². The van der Waals surface area contributed by atoms with Gasteiger partial charge in [0, 0.05) is 31.6 Å². The van der Waals surface area contributed by atoms with Crippen molar-refractivity contribution in [2.45, 2.75) is 71.6 Å². The van der Waals surface area contributed by atoms with Gasteiger partial charge in [-0.15, -0.1) is 0 Å². The molecular weight excluding hydrogens is 358 g/mol. The highest BCUT2D eigenvalue weighted by molar-refractivity contribution is 5.82. The van der Waals surface area contributed by atoms with E-state index in [9.17, 15) is 4.79 Å². The maximum atomic E-state index is 12.3. The third-order valence-electron chi connectivity index (χ3n) is 5.26. The number of hydrogen-bond acceptors (Lipinski definition) is 7. The van der Waals surface area contributed by atoms with E-state index >= 15 is 0 Å². The Labute approximate surface area is 167 Å². The van der Waals surface area contributed by atoms with Gasteiger partial charge in [0.1, 0.15) is 5.60 Å². The molecule has 1 atom stereocenters. The number of nitrogens with one attached hydrogen (secondary N) is 1. The summed E-state index contributed by atoms with van der Waals surface area (Å²) in [6.45, 7) is 13.3. The Morgan fingerprint density at radius 2 is 2.11 bits per heavy atom. The highest BCUT2D eigenvalue weighted by Gasteiger charge is 2.36. The summed E-state index contributed by atoms with van der Waals surface area (Å²) in [5.41, 5.74) is 0.552. The standard InChI is InChI=1S/C20H33N5O3/c1-6-14(7-2)17-10-16(28-23-17)12-22-18-21-11-15-13-24(8-9-25(15)18)19(26)27-20(3,4)5/h10,14-15H,6-9,11-13H2,1-5H3,(H,21,22). The Balaban J connectivity index is 1.50. The van der Waals surface area contributed by atoms with E-state index < -0.39 is 5.60 Å². The van der Waals surface area contributed by atoms with Crippen molar-refractivity contribution in [1.82, 2.24) is 20.3 Å². The second kappa shape index (κ2) is 8.41. The van der Waals surface area contributed by atoms with Gasteiger partial charge in [-0.1, -0.05) is 19.0 Å². The maximum Gasteiger partial charge on any atom is 0.410 e. The fourth-order valence-electron chi connectivity index (χ4n) is 3.70. The first kappa shape index (κ1) is 20.5. The fraction of sp³-hybridized carbons (Fsp3) is 0.750. The van der Waals surface area contributed by atoms with Gasteiger partial charge in [0.25, 0.3) is 0 Å². The molecule has 0 bridgehead atoms. The summed E-state index contributed by atoms with van der Waals surface area (Å²) < 4.78 is 11.0. The van der Waals surface area contributed by atoms with Gasteiger partial charge >= 0.3 is 6.09 Å². The summed E-state index contributed by atoms with van der Waals surface area (Å²) in [4.78, 5) is 21.0. The molecule has 2 aliphatic rings. The Hall–Kier alpha value is -2.25. The molecule has 3 rings (SSSR count). The van der Waals surface area contributed by atoms with Crippen molar-refractivity contribution in [2.75, 3.05) is 26.2 Å². The predicted octanol–water partition coefficient (Wildman–Crippen LogP) is 2.96. The molecule has 1 aromatic rings. The number of piperazine rings is 1. The van der Waals surface area contributed by atoms with Crippen LogP contribution in [0.1, 0.15) is 64.8 Å². The molecule has 0 spiro atoms. The number of fused-ring (bicyclic) bond motifs is 1. The number of aromatic nitrogens is 1. The van der Waals surface area contributed by atoms with Gasteiger partial charge in [-0.2, -0.15) is 0 Å². The molecule has 1 fully saturated rings. The minimum Gasteiger partial charge on any atom is -0.444 e. The molecule has 3 heterocycles. The number of rotatable bonds is 5. The first-order chi connectivity index (χ1) is 13.3. The molecule has 1 amide bonds. The highest BCUT2D eigenvalue weighted by Crippen LogP contribution is 2.23. The molecule has 2 aliphatic heterocycles. The van der Waals surface area contributed by atoms with Crippen LogP contribution < -0.4 is 5.32 Å². The lowest BCUT2D eigenvalue weighted by atomic mass is 9.99. The van der Waals surface area contributed by atoms with E-state index in [4.69, 9.17) is 9.26 Å². The fourth-order valence-corrected chi connectivity index (χ4v) is 3.70. The Morgan fingerprint density at radius 3 is 2.79 bits per heavy atom. The minimum atomic E-state index is -0.475. The second-order valence-electron chi connectivity index (χ2n) is 8.52. The number of carbonyl (C=O) groups is 1. The van der Waals surface area contributed by atoms with Crippen LogP contribution in [-0.2, 0) is 11.3 Å². The third kappa shape index (κ3) is 4.77. The largest absolute Gasteiger partial charge is 0.444 e. The number of amides is 1. The number of carbonyl (C=O) groups excluding carboxylic acids is 1. The van der Waals surface area contributed by atoms with E-state index in [1.807, 2.05) is 26.8 Å². The van der Waals surface area contributed by atoms with Crippen molar-refractivity contribution >= 4 is 12.1 Å². The average Bonchev–Trinajstić information content (AvgIpc) is 3.26. The highest BCUT2D eigenvalue weighted by atomic mass is 16.6. The van der Waals surface area contributed by atoms with Gasteiger partial charge in [-0.25, -0.2) is 4.79 Å². The van der Waals surface area contributed by atoms with Crippen molar-refractivity contribution in [3.05, 3.63) is 17.5 Å². The molecule has 0 aromatic carbocycles. The number of nitrogens with zero attached hydrogens (tertiary/aromatic N) is 4. The van der Waals surface area contributed by atoms with Gasteiger partial charge in [0.2, 0.25) is 0 Å². The first-order valence-electron chi connectivity index (χ1n) is 10.3. The minimum absolute atomic E-state index is 0.193. The molecule has 28 heavy (non-hydrogen) atoms. The lowest BCUT2D eigenvalue weighted by Crippen LogP contribution is -2.57. The molecule has 1 unspecified atom stereocenters. The van der Waals surface area contributed by atoms with Crippen LogP contribution in [0.25, 0.3) is 0 Å². The predicted molar refractivity (Wildman–Crippen MR) is 107 cm³/mol. The first-order valence-corrected chi connectivity index (χ1v) is 10.3. The quantitative estimate of drug-likeness (QED) is 0.831. The Kier molecular flexibility index (Phi) is 6.15. The summed E-state index contributed by atoms with van der Waals surface area (Å²) in [5.74, 6) is 2.14. The smallest absolute Gasteiger partial charge is 0.410 e. The number of aliphatic imine (C=N–C) groups is 1. The zero-order valence-electron chi connectivity index (χ0n) is 17.7. The second-order valence-corrected chi connectivity index (χ2v) is 8.52. The van der Waals surface area contributed by atoms with E-state index in [0.29, 0.717) is 32.1 Å². The van der Waals surface area contributed by atoms with Crippen LogP contribution >= 0.6 is 0 Å². The van der Waals surface area contributed by atoms with Crippen molar-refractivity contribution in [1.29, 1.82) is 0 Å². The SMILES string of the molecule is CCC(CC)c1cc(CNC2=NCC3CN(C(=O)OC(C)(C)C)CCN23)on1. The van der Waals surface area contributed by atoms with Crippen molar-refractivity contribution in [3.63, 3.8) is 0 Å². The molecule has 1 aromatic heterocycles. The van der Waals surface area contributed by atoms with Crippen LogP contribution in [0.15, 0.2) is 15.6 Å². The van der Waals surface area contributed by atoms with Crippen molar-refractivity contribution in [2.24, 2.45) is 4.99 Å². The van der Waals surface area contributed by atoms with Crippen LogP contribution in [-0.4, -0.2) is 64.8 Å². The summed E-state index contributed by atoms with van der Waals surface area (Å²) >= 11 is 0. The van der Waals surface area contributed by atoms with Crippen molar-refractivity contribution in [3.8, 4) is 0 Å². The van der Waals surface area contributed by atoms with Gasteiger partial charge in [-0.05, 0) is 33.6 Å². The third-order valence-corrected chi connectivity index (χ3v) is 5.26. The summed E-state index contributed by atoms with van der Waals surface area (Å²) in [6.07, 6.45) is 1.88. The molecule has 8 nitrogen and oxygen atoms in total. The molecule has 1 saturated heterocycles. The molecule has 1 N–H and O–H groups in total. The number of guanidine groups is 1. The van der Waals surface area contributed by atoms with E-state index in [-0.39, 0.29) is 12.1 Å². The summed E-state index contributed by atoms with van der Waals surface area (Å²) in [6, 6.07) is 2.23. The topological polar surface area (TPSA) is 83.2 Å². The van der Waals surface area contributed by atoms with Crippen LogP contribution in [0.2, 0.25) is 0 Å². The molecule has 0 saturated carbocycles. The van der Waals surface area contributed by atoms with E-state index in [2.05, 4.69) is 34.2 Å². The molecule has 0 radical (unpaired) electrons. The Morgan fingerprint density at radius 1 is 1.36 bits per heavy atom.